The van der Waals surface area contributed by atoms with E-state index in [-0.39, 0.29) is 22.1 Å². The van der Waals surface area contributed by atoms with Crippen molar-refractivity contribution in [3.8, 4) is 5.75 Å². The van der Waals surface area contributed by atoms with Crippen LogP contribution in [-0.2, 0) is 16.4 Å². The number of carbonyl (C=O) groups excluding carboxylic acids is 1. The maximum atomic E-state index is 13.0. The van der Waals surface area contributed by atoms with Crippen molar-refractivity contribution in [1.82, 2.24) is 4.31 Å². The number of amides is 1. The highest BCUT2D eigenvalue weighted by atomic mass is 32.2. The van der Waals surface area contributed by atoms with Crippen molar-refractivity contribution < 1.29 is 17.9 Å². The number of hydrogen-bond donors (Lipinski definition) is 1. The second kappa shape index (κ2) is 8.10. The maximum Gasteiger partial charge on any atom is 0.255 e. The molecule has 2 aromatic carbocycles. The summed E-state index contributed by atoms with van der Waals surface area (Å²) in [4.78, 5) is 12.8. The molecule has 1 N–H and O–H groups in total. The highest BCUT2D eigenvalue weighted by Crippen LogP contribution is 2.30. The Bertz CT molecular complexity index is 935. The van der Waals surface area contributed by atoms with E-state index in [4.69, 9.17) is 4.74 Å². The van der Waals surface area contributed by atoms with E-state index in [0.29, 0.717) is 13.1 Å². The Labute approximate surface area is 160 Å². The first-order chi connectivity index (χ1) is 13.0. The Balaban J connectivity index is 1.94. The molecule has 1 aliphatic heterocycles. The third kappa shape index (κ3) is 3.99. The number of carbonyl (C=O) groups is 1. The topological polar surface area (TPSA) is 75.7 Å². The Morgan fingerprint density at radius 2 is 1.85 bits per heavy atom. The van der Waals surface area contributed by atoms with Gasteiger partial charge in [-0.25, -0.2) is 8.42 Å². The molecule has 0 aromatic heterocycles. The van der Waals surface area contributed by atoms with Gasteiger partial charge in [-0.05, 0) is 49.1 Å². The largest absolute Gasteiger partial charge is 0.495 e. The lowest BCUT2D eigenvalue weighted by Crippen LogP contribution is -2.28. The number of anilines is 1. The number of methoxy groups -OCH3 is 1. The average molecular weight is 388 g/mol. The third-order valence-corrected chi connectivity index (χ3v) is 6.67. The summed E-state index contributed by atoms with van der Waals surface area (Å²) < 4.78 is 32.6. The summed E-state index contributed by atoms with van der Waals surface area (Å²) in [5.74, 6) is -0.108. The van der Waals surface area contributed by atoms with Gasteiger partial charge in [-0.2, -0.15) is 4.31 Å². The minimum atomic E-state index is -3.69. The number of nitrogens with one attached hydrogen (secondary N) is 1. The molecule has 27 heavy (non-hydrogen) atoms. The fourth-order valence-electron chi connectivity index (χ4n) is 3.23. The number of hydrogen-bond acceptors (Lipinski definition) is 4. The van der Waals surface area contributed by atoms with Crippen LogP contribution in [0.3, 0.4) is 0 Å². The Morgan fingerprint density at radius 3 is 2.52 bits per heavy atom. The number of para-hydroxylation sites is 1. The molecule has 0 radical (unpaired) electrons. The number of sulfonamides is 1. The van der Waals surface area contributed by atoms with E-state index in [9.17, 15) is 13.2 Å². The van der Waals surface area contributed by atoms with Gasteiger partial charge in [-0.15, -0.1) is 0 Å². The molecule has 1 fully saturated rings. The minimum Gasteiger partial charge on any atom is -0.495 e. The smallest absolute Gasteiger partial charge is 0.255 e. The first-order valence-corrected chi connectivity index (χ1v) is 10.5. The molecule has 144 valence electrons. The molecule has 0 spiro atoms. The van der Waals surface area contributed by atoms with E-state index >= 15 is 0 Å². The summed E-state index contributed by atoms with van der Waals surface area (Å²) >= 11 is 0. The predicted molar refractivity (Wildman–Crippen MR) is 105 cm³/mol. The van der Waals surface area contributed by atoms with E-state index in [1.54, 1.807) is 6.07 Å². The first-order valence-electron chi connectivity index (χ1n) is 9.05. The SMILES string of the molecule is CCc1ccccc1NC(=O)c1ccc(OC)c(S(=O)(=O)N2CCCC2)c1. The van der Waals surface area contributed by atoms with Crippen molar-refractivity contribution >= 4 is 21.6 Å². The lowest BCUT2D eigenvalue weighted by molar-refractivity contribution is 0.102. The zero-order valence-corrected chi connectivity index (χ0v) is 16.4. The van der Waals surface area contributed by atoms with E-state index in [1.807, 2.05) is 31.2 Å². The standard InChI is InChI=1S/C20H24N2O4S/c1-3-15-8-4-5-9-17(15)21-20(23)16-10-11-18(26-2)19(14-16)27(24,25)22-12-6-7-13-22/h4-5,8-11,14H,3,6-7,12-13H2,1-2H3,(H,21,23). The molecule has 0 aliphatic carbocycles. The van der Waals surface area contributed by atoms with Crippen LogP contribution < -0.4 is 10.1 Å². The fraction of sp³-hybridized carbons (Fsp3) is 0.350. The van der Waals surface area contributed by atoms with Crippen LogP contribution in [0, 0.1) is 0 Å². The van der Waals surface area contributed by atoms with Crippen LogP contribution in [0.2, 0.25) is 0 Å². The van der Waals surface area contributed by atoms with Gasteiger partial charge >= 0.3 is 0 Å². The van der Waals surface area contributed by atoms with Gasteiger partial charge in [0.05, 0.1) is 7.11 Å². The predicted octanol–water partition coefficient (Wildman–Crippen LogP) is 3.29. The van der Waals surface area contributed by atoms with Crippen LogP contribution >= 0.6 is 0 Å². The molecular weight excluding hydrogens is 364 g/mol. The Kier molecular flexibility index (Phi) is 5.82. The van der Waals surface area contributed by atoms with Crippen LogP contribution in [0.4, 0.5) is 5.69 Å². The minimum absolute atomic E-state index is 0.0309. The van der Waals surface area contributed by atoms with Crippen LogP contribution in [0.15, 0.2) is 47.4 Å². The normalized spacial score (nSPS) is 14.9. The van der Waals surface area contributed by atoms with Gasteiger partial charge < -0.3 is 10.1 Å². The van der Waals surface area contributed by atoms with Gasteiger partial charge in [0.25, 0.3) is 5.91 Å². The molecular formula is C20H24N2O4S. The molecule has 2 aromatic rings. The maximum absolute atomic E-state index is 13.0. The second-order valence-corrected chi connectivity index (χ2v) is 8.35. The van der Waals surface area contributed by atoms with E-state index in [0.717, 1.165) is 30.5 Å². The zero-order chi connectivity index (χ0) is 19.4. The van der Waals surface area contributed by atoms with Gasteiger partial charge in [-0.3, -0.25) is 4.79 Å². The highest BCUT2D eigenvalue weighted by molar-refractivity contribution is 7.89. The van der Waals surface area contributed by atoms with Crippen molar-refractivity contribution in [3.05, 3.63) is 53.6 Å². The van der Waals surface area contributed by atoms with Crippen molar-refractivity contribution in [2.45, 2.75) is 31.1 Å². The summed E-state index contributed by atoms with van der Waals surface area (Å²) in [7, 11) is -2.27. The van der Waals surface area contributed by atoms with Gasteiger partial charge in [0.15, 0.2) is 0 Å². The lowest BCUT2D eigenvalue weighted by atomic mass is 10.1. The van der Waals surface area contributed by atoms with Crippen LogP contribution in [0.25, 0.3) is 0 Å². The van der Waals surface area contributed by atoms with Crippen LogP contribution in [-0.4, -0.2) is 38.8 Å². The van der Waals surface area contributed by atoms with Gasteiger partial charge in [-0.1, -0.05) is 25.1 Å². The molecule has 6 nitrogen and oxygen atoms in total. The van der Waals surface area contributed by atoms with E-state index < -0.39 is 10.0 Å². The lowest BCUT2D eigenvalue weighted by Gasteiger charge is -2.18. The Morgan fingerprint density at radius 1 is 1.15 bits per heavy atom. The molecule has 1 heterocycles. The molecule has 1 aliphatic rings. The molecule has 1 saturated heterocycles. The second-order valence-electron chi connectivity index (χ2n) is 6.44. The van der Waals surface area contributed by atoms with Crippen molar-refractivity contribution in [2.75, 3.05) is 25.5 Å². The van der Waals surface area contributed by atoms with Crippen LogP contribution in [0.1, 0.15) is 35.7 Å². The quantitative estimate of drug-likeness (QED) is 0.824. The fourth-order valence-corrected chi connectivity index (χ4v) is 4.93. The molecule has 3 rings (SSSR count). The number of aryl methyl sites for hydroxylation is 1. The average Bonchev–Trinajstić information content (AvgIpc) is 3.23. The molecule has 0 saturated carbocycles. The van der Waals surface area contributed by atoms with E-state index in [1.165, 1.54) is 23.5 Å². The molecule has 1 amide bonds. The first kappa shape index (κ1) is 19.4. The third-order valence-electron chi connectivity index (χ3n) is 4.76. The van der Waals surface area contributed by atoms with Gasteiger partial charge in [0.2, 0.25) is 10.0 Å². The summed E-state index contributed by atoms with van der Waals surface area (Å²) in [6, 6.07) is 12.1. The van der Waals surface area contributed by atoms with Crippen molar-refractivity contribution in [2.24, 2.45) is 0 Å². The molecule has 0 atom stereocenters. The number of rotatable bonds is 6. The van der Waals surface area contributed by atoms with Gasteiger partial charge in [0.1, 0.15) is 10.6 Å². The van der Waals surface area contributed by atoms with Crippen LogP contribution in [0.5, 0.6) is 5.75 Å². The number of nitrogens with zero attached hydrogens (tertiary/aromatic N) is 1. The molecule has 0 unspecified atom stereocenters. The molecule has 0 bridgehead atoms. The van der Waals surface area contributed by atoms with Gasteiger partial charge in [0, 0.05) is 24.3 Å². The summed E-state index contributed by atoms with van der Waals surface area (Å²) in [5, 5.41) is 2.88. The summed E-state index contributed by atoms with van der Waals surface area (Å²) in [5.41, 5.74) is 2.02. The van der Waals surface area contributed by atoms with Crippen molar-refractivity contribution in [1.29, 1.82) is 0 Å². The van der Waals surface area contributed by atoms with E-state index in [2.05, 4.69) is 5.32 Å². The summed E-state index contributed by atoms with van der Waals surface area (Å²) in [6.45, 7) is 3.00. The number of ether oxygens (including phenoxy) is 1. The zero-order valence-electron chi connectivity index (χ0n) is 15.6. The monoisotopic (exact) mass is 388 g/mol. The van der Waals surface area contributed by atoms with Crippen molar-refractivity contribution in [3.63, 3.8) is 0 Å². The number of benzene rings is 2. The summed E-state index contributed by atoms with van der Waals surface area (Å²) in [6.07, 6.45) is 2.47. The highest BCUT2D eigenvalue weighted by Gasteiger charge is 2.30. The molecule has 7 heteroatoms. The Hall–Kier alpha value is -2.38.